The lowest BCUT2D eigenvalue weighted by Gasteiger charge is -2.11. The Morgan fingerprint density at radius 3 is 2.83 bits per heavy atom. The summed E-state index contributed by atoms with van der Waals surface area (Å²) >= 11 is 0. The Morgan fingerprint density at radius 2 is 2.06 bits per heavy atom. The molecule has 0 atom stereocenters. The first kappa shape index (κ1) is 12.0. The third-order valence-electron chi connectivity index (χ3n) is 2.59. The maximum atomic E-state index is 10.5. The van der Waals surface area contributed by atoms with Gasteiger partial charge in [0.15, 0.2) is 0 Å². The van der Waals surface area contributed by atoms with E-state index in [0.717, 1.165) is 16.5 Å². The van der Waals surface area contributed by atoms with Gasteiger partial charge in [-0.3, -0.25) is 4.98 Å². The molecule has 2 amide bonds. The zero-order valence-corrected chi connectivity index (χ0v) is 9.81. The number of rotatable bonds is 4. The van der Waals surface area contributed by atoms with Crippen molar-refractivity contribution >= 4 is 28.2 Å². The number of fused-ring (bicyclic) bond motifs is 1. The summed E-state index contributed by atoms with van der Waals surface area (Å²) in [5.41, 5.74) is 12.5. The van der Waals surface area contributed by atoms with Crippen molar-refractivity contribution in [3.63, 3.8) is 0 Å². The first-order valence-electron chi connectivity index (χ1n) is 5.58. The molecule has 2 aromatic rings. The highest BCUT2D eigenvalue weighted by molar-refractivity contribution is 6.00. The van der Waals surface area contributed by atoms with E-state index in [2.05, 4.69) is 15.6 Å². The van der Waals surface area contributed by atoms with Crippen LogP contribution in [0, 0.1) is 0 Å². The summed E-state index contributed by atoms with van der Waals surface area (Å²) in [5, 5.41) is 7.64. The van der Waals surface area contributed by atoms with Crippen LogP contribution in [0.5, 0.6) is 0 Å². The van der Waals surface area contributed by atoms with Crippen LogP contribution in [0.15, 0.2) is 30.6 Å². The van der Waals surface area contributed by atoms with Gasteiger partial charge in [0.05, 0.1) is 0 Å². The number of primary amides is 1. The molecule has 94 valence electrons. The lowest BCUT2D eigenvalue weighted by Crippen LogP contribution is -2.33. The molecule has 1 aromatic heterocycles. The molecule has 0 aliphatic rings. The number of hydrogen-bond acceptors (Lipinski definition) is 4. The third kappa shape index (κ3) is 2.60. The van der Waals surface area contributed by atoms with E-state index in [1.165, 1.54) is 0 Å². The number of amides is 2. The summed E-state index contributed by atoms with van der Waals surface area (Å²) in [6, 6.07) is 5.11. The molecule has 0 radical (unpaired) electrons. The molecule has 6 heteroatoms. The summed E-state index contributed by atoms with van der Waals surface area (Å²) < 4.78 is 0. The highest BCUT2D eigenvalue weighted by Crippen LogP contribution is 2.26. The zero-order valence-electron chi connectivity index (χ0n) is 9.81. The molecule has 0 bridgehead atoms. The molecule has 0 fully saturated rings. The molecule has 6 nitrogen and oxygen atoms in total. The number of nitrogens with one attached hydrogen (secondary N) is 2. The average molecular weight is 245 g/mol. The minimum Gasteiger partial charge on any atom is -0.398 e. The molecule has 0 aliphatic heterocycles. The second-order valence-corrected chi connectivity index (χ2v) is 3.84. The smallest absolute Gasteiger partial charge is 0.312 e. The van der Waals surface area contributed by atoms with E-state index in [0.29, 0.717) is 18.8 Å². The van der Waals surface area contributed by atoms with E-state index in [9.17, 15) is 4.79 Å². The van der Waals surface area contributed by atoms with Crippen molar-refractivity contribution < 1.29 is 4.79 Å². The van der Waals surface area contributed by atoms with Gasteiger partial charge in [-0.1, -0.05) is 0 Å². The molecular formula is C12H15N5O. The Kier molecular flexibility index (Phi) is 3.47. The van der Waals surface area contributed by atoms with Gasteiger partial charge < -0.3 is 22.1 Å². The summed E-state index contributed by atoms with van der Waals surface area (Å²) in [4.78, 5) is 14.6. The summed E-state index contributed by atoms with van der Waals surface area (Å²) in [6.45, 7) is 1.05. The maximum absolute atomic E-state index is 10.5. The van der Waals surface area contributed by atoms with Crippen LogP contribution in [-0.2, 0) is 0 Å². The normalized spacial score (nSPS) is 10.2. The number of carbonyl (C=O) groups excluding carboxylic acids is 1. The quantitative estimate of drug-likeness (QED) is 0.474. The van der Waals surface area contributed by atoms with Crippen LogP contribution < -0.4 is 22.1 Å². The molecule has 6 N–H and O–H groups in total. The number of aromatic nitrogens is 1. The van der Waals surface area contributed by atoms with Gasteiger partial charge in [-0.25, -0.2) is 4.79 Å². The fourth-order valence-corrected chi connectivity index (χ4v) is 1.75. The number of urea groups is 1. The molecule has 1 aromatic carbocycles. The van der Waals surface area contributed by atoms with Crippen molar-refractivity contribution in [2.45, 2.75) is 0 Å². The number of nitrogens with zero attached hydrogens (tertiary/aromatic N) is 1. The van der Waals surface area contributed by atoms with E-state index in [-0.39, 0.29) is 0 Å². The average Bonchev–Trinajstić information content (AvgIpc) is 2.37. The molecule has 2 rings (SSSR count). The number of hydrogen-bond donors (Lipinski definition) is 4. The first-order chi connectivity index (χ1) is 8.68. The van der Waals surface area contributed by atoms with E-state index in [4.69, 9.17) is 11.5 Å². The summed E-state index contributed by atoms with van der Waals surface area (Å²) in [5.74, 6) is 0. The van der Waals surface area contributed by atoms with Crippen LogP contribution in [0.25, 0.3) is 10.8 Å². The number of carbonyl (C=O) groups is 1. The van der Waals surface area contributed by atoms with Gasteiger partial charge >= 0.3 is 6.03 Å². The van der Waals surface area contributed by atoms with Gasteiger partial charge in [0.1, 0.15) is 0 Å². The number of anilines is 2. The molecule has 0 unspecified atom stereocenters. The lowest BCUT2D eigenvalue weighted by atomic mass is 10.1. The van der Waals surface area contributed by atoms with Gasteiger partial charge in [-0.15, -0.1) is 0 Å². The third-order valence-corrected chi connectivity index (χ3v) is 2.59. The van der Waals surface area contributed by atoms with Crippen molar-refractivity contribution in [2.75, 3.05) is 24.1 Å². The van der Waals surface area contributed by atoms with Crippen LogP contribution in [0.1, 0.15) is 0 Å². The van der Waals surface area contributed by atoms with E-state index in [1.54, 1.807) is 12.4 Å². The number of pyridine rings is 1. The maximum Gasteiger partial charge on any atom is 0.312 e. The number of nitrogen functional groups attached to an aromatic ring is 1. The number of benzene rings is 1. The molecule has 0 saturated heterocycles. The van der Waals surface area contributed by atoms with Crippen LogP contribution in [0.3, 0.4) is 0 Å². The molecular weight excluding hydrogens is 230 g/mol. The molecule has 0 aliphatic carbocycles. The van der Waals surface area contributed by atoms with Gasteiger partial charge in [0, 0.05) is 47.6 Å². The van der Waals surface area contributed by atoms with E-state index < -0.39 is 6.03 Å². The van der Waals surface area contributed by atoms with Crippen LogP contribution >= 0.6 is 0 Å². The van der Waals surface area contributed by atoms with Gasteiger partial charge in [-0.05, 0) is 18.2 Å². The highest BCUT2D eigenvalue weighted by atomic mass is 16.2. The highest BCUT2D eigenvalue weighted by Gasteiger charge is 2.03. The molecule has 0 saturated carbocycles. The largest absolute Gasteiger partial charge is 0.398 e. The molecule has 0 spiro atoms. The topological polar surface area (TPSA) is 106 Å². The van der Waals surface area contributed by atoms with Crippen LogP contribution in [0.2, 0.25) is 0 Å². The first-order valence-corrected chi connectivity index (χ1v) is 5.58. The van der Waals surface area contributed by atoms with Gasteiger partial charge in [0.25, 0.3) is 0 Å². The zero-order chi connectivity index (χ0) is 13.0. The van der Waals surface area contributed by atoms with E-state index in [1.807, 2.05) is 18.2 Å². The summed E-state index contributed by atoms with van der Waals surface area (Å²) in [7, 11) is 0. The Balaban J connectivity index is 2.14. The summed E-state index contributed by atoms with van der Waals surface area (Å²) in [6.07, 6.45) is 3.45. The van der Waals surface area contributed by atoms with E-state index >= 15 is 0 Å². The fourth-order valence-electron chi connectivity index (χ4n) is 1.75. The second kappa shape index (κ2) is 5.22. The fraction of sp³-hybridized carbons (Fsp3) is 0.167. The second-order valence-electron chi connectivity index (χ2n) is 3.84. The molecule has 18 heavy (non-hydrogen) atoms. The Labute approximate surface area is 104 Å². The Morgan fingerprint density at radius 1 is 1.22 bits per heavy atom. The van der Waals surface area contributed by atoms with Crippen molar-refractivity contribution in [1.29, 1.82) is 0 Å². The van der Waals surface area contributed by atoms with Crippen LogP contribution in [-0.4, -0.2) is 24.1 Å². The minimum absolute atomic E-state index is 0.465. The Hall–Kier alpha value is -2.50. The SMILES string of the molecule is NC(=O)NCCNc1ccc(N)c2cnccc12. The Bertz CT molecular complexity index is 569. The minimum atomic E-state index is -0.525. The molecule has 1 heterocycles. The standard InChI is InChI=1S/C12H15N5O/c13-10-1-2-11(16-5-6-17-12(14)18)8-3-4-15-7-9(8)10/h1-4,7,16H,5-6,13H2,(H3,14,17,18). The van der Waals surface area contributed by atoms with Crippen LogP contribution in [0.4, 0.5) is 16.2 Å². The van der Waals surface area contributed by atoms with Gasteiger partial charge in [-0.2, -0.15) is 0 Å². The van der Waals surface area contributed by atoms with Crippen molar-refractivity contribution in [2.24, 2.45) is 5.73 Å². The predicted molar refractivity (Wildman–Crippen MR) is 72.2 cm³/mol. The van der Waals surface area contributed by atoms with Crippen molar-refractivity contribution in [1.82, 2.24) is 10.3 Å². The van der Waals surface area contributed by atoms with Gasteiger partial charge in [0.2, 0.25) is 0 Å². The predicted octanol–water partition coefficient (Wildman–Crippen LogP) is 0.897. The lowest BCUT2D eigenvalue weighted by molar-refractivity contribution is 0.249. The number of nitrogens with two attached hydrogens (primary N) is 2. The van der Waals surface area contributed by atoms with Crippen molar-refractivity contribution in [3.8, 4) is 0 Å². The monoisotopic (exact) mass is 245 g/mol. The van der Waals surface area contributed by atoms with Crippen molar-refractivity contribution in [3.05, 3.63) is 30.6 Å².